The van der Waals surface area contributed by atoms with Crippen molar-refractivity contribution in [3.63, 3.8) is 0 Å². The Morgan fingerprint density at radius 1 is 1.22 bits per heavy atom. The van der Waals surface area contributed by atoms with E-state index in [1.807, 2.05) is 6.07 Å². The molecule has 2 aromatic rings. The van der Waals surface area contributed by atoms with E-state index in [1.165, 1.54) is 23.5 Å². The third kappa shape index (κ3) is 6.54. The number of hydrogen-bond donors (Lipinski definition) is 1. The zero-order valence-electron chi connectivity index (χ0n) is 17.7. The van der Waals surface area contributed by atoms with Gasteiger partial charge in [-0.25, -0.2) is 8.42 Å². The zero-order valence-corrected chi connectivity index (χ0v) is 20.9. The minimum Gasteiger partial charge on any atom is -0.497 e. The smallest absolute Gasteiger partial charge is 0.243 e. The van der Waals surface area contributed by atoms with Crippen LogP contribution in [0.5, 0.6) is 5.75 Å². The number of methoxy groups -OCH3 is 1. The number of thioether (sulfide) groups is 1. The van der Waals surface area contributed by atoms with Crippen LogP contribution in [0.15, 0.2) is 47.4 Å². The summed E-state index contributed by atoms with van der Waals surface area (Å²) >= 11 is 13.7. The molecule has 0 aliphatic carbocycles. The van der Waals surface area contributed by atoms with Gasteiger partial charge in [0.2, 0.25) is 15.9 Å². The van der Waals surface area contributed by atoms with E-state index in [2.05, 4.69) is 5.32 Å². The summed E-state index contributed by atoms with van der Waals surface area (Å²) in [4.78, 5) is 12.8. The Labute approximate surface area is 203 Å². The topological polar surface area (TPSA) is 75.7 Å². The predicted molar refractivity (Wildman–Crippen MR) is 130 cm³/mol. The van der Waals surface area contributed by atoms with Gasteiger partial charge in [-0.05, 0) is 54.8 Å². The molecule has 6 nitrogen and oxygen atoms in total. The number of halogens is 2. The molecule has 1 N–H and O–H groups in total. The molecule has 0 aromatic heterocycles. The SMILES string of the molecule is COc1ccc(S(=O)(=O)N2CCCC(C(=O)NCCSCc3ccc(Cl)cc3Cl)C2)cc1. The molecule has 0 radical (unpaired) electrons. The van der Waals surface area contributed by atoms with Crippen LogP contribution in [0.1, 0.15) is 18.4 Å². The molecule has 1 aliphatic rings. The summed E-state index contributed by atoms with van der Waals surface area (Å²) in [7, 11) is -2.12. The Kier molecular flexibility index (Phi) is 9.13. The van der Waals surface area contributed by atoms with Gasteiger partial charge in [0.15, 0.2) is 0 Å². The van der Waals surface area contributed by atoms with Crippen molar-refractivity contribution >= 4 is 50.9 Å². The molecule has 1 aliphatic heterocycles. The van der Waals surface area contributed by atoms with E-state index < -0.39 is 10.0 Å². The van der Waals surface area contributed by atoms with Gasteiger partial charge in [0.1, 0.15) is 5.75 Å². The number of nitrogens with zero attached hydrogens (tertiary/aromatic N) is 1. The van der Waals surface area contributed by atoms with Crippen molar-refractivity contribution in [1.29, 1.82) is 0 Å². The molecule has 10 heteroatoms. The minimum atomic E-state index is -3.65. The quantitative estimate of drug-likeness (QED) is 0.498. The number of nitrogens with one attached hydrogen (secondary N) is 1. The summed E-state index contributed by atoms with van der Waals surface area (Å²) in [6.45, 7) is 1.11. The number of ether oxygens (including phenoxy) is 1. The number of carbonyl (C=O) groups excluding carboxylic acids is 1. The molecule has 0 saturated carbocycles. The van der Waals surface area contributed by atoms with Gasteiger partial charge in [-0.15, -0.1) is 0 Å². The zero-order chi connectivity index (χ0) is 23.1. The highest BCUT2D eigenvalue weighted by atomic mass is 35.5. The first-order chi connectivity index (χ1) is 15.3. The van der Waals surface area contributed by atoms with Crippen molar-refractivity contribution in [3.8, 4) is 5.75 Å². The molecule has 174 valence electrons. The lowest BCUT2D eigenvalue weighted by atomic mass is 9.99. The second-order valence-corrected chi connectivity index (χ2v) is 11.3. The third-order valence-electron chi connectivity index (χ3n) is 5.27. The number of amides is 1. The van der Waals surface area contributed by atoms with Crippen molar-refractivity contribution in [3.05, 3.63) is 58.1 Å². The predicted octanol–water partition coefficient (Wildman–Crippen LogP) is 4.45. The summed E-state index contributed by atoms with van der Waals surface area (Å²) in [5, 5.41) is 4.17. The Hall–Kier alpha value is -1.45. The average molecular weight is 518 g/mol. The summed E-state index contributed by atoms with van der Waals surface area (Å²) in [5.41, 5.74) is 0.999. The first-order valence-corrected chi connectivity index (χ1v) is 13.6. The van der Waals surface area contributed by atoms with E-state index in [1.54, 1.807) is 36.0 Å². The molecular weight excluding hydrogens is 491 g/mol. The average Bonchev–Trinajstić information content (AvgIpc) is 2.80. The van der Waals surface area contributed by atoms with Crippen molar-refractivity contribution in [2.75, 3.05) is 32.5 Å². The van der Waals surface area contributed by atoms with E-state index in [0.29, 0.717) is 41.7 Å². The fourth-order valence-corrected chi connectivity index (χ4v) is 6.42. The van der Waals surface area contributed by atoms with Crippen LogP contribution in [0.25, 0.3) is 0 Å². The molecule has 1 unspecified atom stereocenters. The van der Waals surface area contributed by atoms with Crippen molar-refractivity contribution in [1.82, 2.24) is 9.62 Å². The van der Waals surface area contributed by atoms with Gasteiger partial charge in [-0.1, -0.05) is 29.3 Å². The third-order valence-corrected chi connectivity index (χ3v) is 8.74. The van der Waals surface area contributed by atoms with Gasteiger partial charge in [0.05, 0.1) is 17.9 Å². The highest BCUT2D eigenvalue weighted by molar-refractivity contribution is 7.98. The fourth-order valence-electron chi connectivity index (χ4n) is 3.48. The maximum atomic E-state index is 13.0. The van der Waals surface area contributed by atoms with Crippen LogP contribution >= 0.6 is 35.0 Å². The molecule has 32 heavy (non-hydrogen) atoms. The Morgan fingerprint density at radius 2 is 1.97 bits per heavy atom. The first-order valence-electron chi connectivity index (χ1n) is 10.2. The lowest BCUT2D eigenvalue weighted by Crippen LogP contribution is -2.45. The number of benzene rings is 2. The normalized spacial score (nSPS) is 17.2. The van der Waals surface area contributed by atoms with Crippen LogP contribution in [-0.4, -0.2) is 51.1 Å². The minimum absolute atomic E-state index is 0.107. The molecule has 1 amide bonds. The van der Waals surface area contributed by atoms with Crippen molar-refractivity contribution in [2.24, 2.45) is 5.92 Å². The van der Waals surface area contributed by atoms with Crippen LogP contribution in [0, 0.1) is 5.92 Å². The monoisotopic (exact) mass is 516 g/mol. The van der Waals surface area contributed by atoms with E-state index in [-0.39, 0.29) is 23.3 Å². The molecule has 1 atom stereocenters. The van der Waals surface area contributed by atoms with Gasteiger partial charge in [0, 0.05) is 41.2 Å². The lowest BCUT2D eigenvalue weighted by molar-refractivity contribution is -0.125. The Morgan fingerprint density at radius 3 is 2.66 bits per heavy atom. The van der Waals surface area contributed by atoms with E-state index >= 15 is 0 Å². The molecule has 1 saturated heterocycles. The number of sulfonamides is 1. The van der Waals surface area contributed by atoms with Gasteiger partial charge in [-0.3, -0.25) is 4.79 Å². The van der Waals surface area contributed by atoms with Gasteiger partial charge in [0.25, 0.3) is 0 Å². The summed E-state index contributed by atoms with van der Waals surface area (Å²) in [6.07, 6.45) is 1.32. The number of carbonyl (C=O) groups is 1. The number of rotatable bonds is 9. The molecule has 0 bridgehead atoms. The number of hydrogen-bond acceptors (Lipinski definition) is 5. The maximum absolute atomic E-state index is 13.0. The van der Waals surface area contributed by atoms with Crippen LogP contribution in [-0.2, 0) is 20.6 Å². The Balaban J connectivity index is 1.47. The van der Waals surface area contributed by atoms with Crippen LogP contribution in [0.2, 0.25) is 10.0 Å². The summed E-state index contributed by atoms with van der Waals surface area (Å²) in [6, 6.07) is 11.7. The second-order valence-electron chi connectivity index (χ2n) is 7.46. The van der Waals surface area contributed by atoms with Crippen LogP contribution in [0.4, 0.5) is 0 Å². The van der Waals surface area contributed by atoms with Crippen LogP contribution in [0.3, 0.4) is 0 Å². The van der Waals surface area contributed by atoms with Gasteiger partial charge >= 0.3 is 0 Å². The highest BCUT2D eigenvalue weighted by Gasteiger charge is 2.33. The van der Waals surface area contributed by atoms with Crippen molar-refractivity contribution < 1.29 is 17.9 Å². The maximum Gasteiger partial charge on any atom is 0.243 e. The largest absolute Gasteiger partial charge is 0.497 e. The second kappa shape index (κ2) is 11.6. The number of piperidine rings is 1. The van der Waals surface area contributed by atoms with Gasteiger partial charge in [-0.2, -0.15) is 16.1 Å². The first kappa shape index (κ1) is 25.2. The van der Waals surface area contributed by atoms with Crippen LogP contribution < -0.4 is 10.1 Å². The lowest BCUT2D eigenvalue weighted by Gasteiger charge is -2.31. The van der Waals surface area contributed by atoms with E-state index in [0.717, 1.165) is 17.1 Å². The molecule has 1 fully saturated rings. The van der Waals surface area contributed by atoms with Crippen molar-refractivity contribution in [2.45, 2.75) is 23.5 Å². The molecule has 2 aromatic carbocycles. The molecule has 3 rings (SSSR count). The van der Waals surface area contributed by atoms with E-state index in [9.17, 15) is 13.2 Å². The fraction of sp³-hybridized carbons (Fsp3) is 0.409. The van der Waals surface area contributed by atoms with E-state index in [4.69, 9.17) is 27.9 Å². The molecular formula is C22H26Cl2N2O4S2. The highest BCUT2D eigenvalue weighted by Crippen LogP contribution is 2.26. The molecule has 0 spiro atoms. The standard InChI is InChI=1S/C22H26Cl2N2O4S2/c1-30-19-6-8-20(9-7-19)32(28,29)26-11-2-3-16(14-26)22(27)25-10-12-31-15-17-4-5-18(23)13-21(17)24/h4-9,13,16H,2-3,10-12,14-15H2,1H3,(H,25,27). The Bertz CT molecular complexity index is 1030. The summed E-state index contributed by atoms with van der Waals surface area (Å²) < 4.78 is 32.4. The van der Waals surface area contributed by atoms with Gasteiger partial charge < -0.3 is 10.1 Å². The summed E-state index contributed by atoms with van der Waals surface area (Å²) in [5.74, 6) is 1.59. The molecule has 1 heterocycles.